The highest BCUT2D eigenvalue weighted by Gasteiger charge is 2.43. The Bertz CT molecular complexity index is 369. The van der Waals surface area contributed by atoms with Crippen molar-refractivity contribution in [3.05, 3.63) is 29.8 Å². The van der Waals surface area contributed by atoms with Gasteiger partial charge in [-0.05, 0) is 37.1 Å². The number of aliphatic hydroxyl groups is 1. The van der Waals surface area contributed by atoms with Crippen LogP contribution < -0.4 is 10.5 Å². The molecule has 17 heavy (non-hydrogen) atoms. The zero-order valence-electron chi connectivity index (χ0n) is 10.4. The van der Waals surface area contributed by atoms with Crippen LogP contribution in [0, 0.1) is 5.41 Å². The number of ether oxygens (including phenoxy) is 1. The molecule has 0 saturated heterocycles. The molecule has 1 aromatic carbocycles. The van der Waals surface area contributed by atoms with Crippen LogP contribution >= 0.6 is 0 Å². The van der Waals surface area contributed by atoms with Crippen molar-refractivity contribution in [3.63, 3.8) is 0 Å². The lowest BCUT2D eigenvalue weighted by Crippen LogP contribution is -2.42. The molecule has 0 amide bonds. The Kier molecular flexibility index (Phi) is 3.69. The minimum absolute atomic E-state index is 0.00111. The fourth-order valence-electron chi connectivity index (χ4n) is 2.85. The van der Waals surface area contributed by atoms with Crippen molar-refractivity contribution >= 4 is 0 Å². The Labute approximate surface area is 103 Å². The van der Waals surface area contributed by atoms with Gasteiger partial charge >= 0.3 is 0 Å². The summed E-state index contributed by atoms with van der Waals surface area (Å²) in [6.45, 7) is 0.805. The summed E-state index contributed by atoms with van der Waals surface area (Å²) in [5, 5.41) is 9.64. The van der Waals surface area contributed by atoms with Crippen molar-refractivity contribution in [1.29, 1.82) is 0 Å². The zero-order chi connectivity index (χ0) is 12.3. The van der Waals surface area contributed by atoms with Gasteiger partial charge in [0.25, 0.3) is 0 Å². The first kappa shape index (κ1) is 12.4. The summed E-state index contributed by atoms with van der Waals surface area (Å²) in [6.07, 6.45) is 3.34. The SMILES string of the molecule is COc1cccc(C(CN)C2(CO)CCC2)c1. The number of nitrogens with two attached hydrogens (primary N) is 1. The minimum atomic E-state index is 0.00111. The lowest BCUT2D eigenvalue weighted by atomic mass is 9.60. The molecule has 3 N–H and O–H groups in total. The van der Waals surface area contributed by atoms with Crippen LogP contribution in [0.2, 0.25) is 0 Å². The first-order chi connectivity index (χ1) is 8.25. The van der Waals surface area contributed by atoms with Crippen molar-refractivity contribution in [2.24, 2.45) is 11.1 Å². The average Bonchev–Trinajstić information content (AvgIpc) is 2.33. The molecular weight excluding hydrogens is 214 g/mol. The molecule has 1 aromatic rings. The third-order valence-corrected chi connectivity index (χ3v) is 4.14. The average molecular weight is 235 g/mol. The van der Waals surface area contributed by atoms with Gasteiger partial charge in [-0.3, -0.25) is 0 Å². The van der Waals surface area contributed by atoms with Gasteiger partial charge < -0.3 is 15.6 Å². The Balaban J connectivity index is 2.28. The van der Waals surface area contributed by atoms with Gasteiger partial charge in [0, 0.05) is 17.9 Å². The lowest BCUT2D eigenvalue weighted by molar-refractivity contribution is 0.0191. The summed E-state index contributed by atoms with van der Waals surface area (Å²) in [4.78, 5) is 0. The second-order valence-electron chi connectivity index (χ2n) is 4.94. The maximum absolute atomic E-state index is 9.64. The standard InChI is InChI=1S/C14H21NO2/c1-17-12-5-2-4-11(8-12)13(9-15)14(10-16)6-3-7-14/h2,4-5,8,13,16H,3,6-7,9-10,15H2,1H3. The van der Waals surface area contributed by atoms with Crippen molar-refractivity contribution in [3.8, 4) is 5.75 Å². The second kappa shape index (κ2) is 5.07. The Morgan fingerprint density at radius 3 is 2.71 bits per heavy atom. The van der Waals surface area contributed by atoms with E-state index in [2.05, 4.69) is 6.07 Å². The predicted octanol–water partition coefficient (Wildman–Crippen LogP) is 1.90. The van der Waals surface area contributed by atoms with Gasteiger partial charge in [-0.2, -0.15) is 0 Å². The molecule has 3 heteroatoms. The molecule has 0 spiro atoms. The van der Waals surface area contributed by atoms with Gasteiger partial charge in [-0.25, -0.2) is 0 Å². The van der Waals surface area contributed by atoms with Crippen molar-refractivity contribution in [1.82, 2.24) is 0 Å². The Hall–Kier alpha value is -1.06. The van der Waals surface area contributed by atoms with E-state index in [-0.39, 0.29) is 17.9 Å². The molecule has 94 valence electrons. The third-order valence-electron chi connectivity index (χ3n) is 4.14. The molecule has 0 bridgehead atoms. The summed E-state index contributed by atoms with van der Waals surface area (Å²) in [6, 6.07) is 8.03. The summed E-state index contributed by atoms with van der Waals surface area (Å²) in [5.41, 5.74) is 7.10. The number of hydrogen-bond acceptors (Lipinski definition) is 3. The van der Waals surface area contributed by atoms with Crippen molar-refractivity contribution in [2.75, 3.05) is 20.3 Å². The van der Waals surface area contributed by atoms with E-state index in [9.17, 15) is 5.11 Å². The Morgan fingerprint density at radius 2 is 2.24 bits per heavy atom. The van der Waals surface area contributed by atoms with E-state index < -0.39 is 0 Å². The normalized spacial score (nSPS) is 19.5. The van der Waals surface area contributed by atoms with Crippen LogP contribution in [0.1, 0.15) is 30.7 Å². The molecule has 1 fully saturated rings. The van der Waals surface area contributed by atoms with E-state index in [4.69, 9.17) is 10.5 Å². The van der Waals surface area contributed by atoms with E-state index in [1.54, 1.807) is 7.11 Å². The molecule has 1 aliphatic rings. The smallest absolute Gasteiger partial charge is 0.119 e. The number of rotatable bonds is 5. The second-order valence-corrected chi connectivity index (χ2v) is 4.94. The van der Waals surface area contributed by atoms with E-state index >= 15 is 0 Å². The van der Waals surface area contributed by atoms with Crippen molar-refractivity contribution < 1.29 is 9.84 Å². The summed E-state index contributed by atoms with van der Waals surface area (Å²) in [7, 11) is 1.67. The molecule has 1 aliphatic carbocycles. The molecule has 0 aromatic heterocycles. The molecule has 1 unspecified atom stereocenters. The third kappa shape index (κ3) is 2.17. The molecular formula is C14H21NO2. The number of aliphatic hydroxyl groups excluding tert-OH is 1. The van der Waals surface area contributed by atoms with E-state index in [1.165, 1.54) is 12.0 Å². The Morgan fingerprint density at radius 1 is 1.47 bits per heavy atom. The van der Waals surface area contributed by atoms with Crippen LogP contribution in [0.25, 0.3) is 0 Å². The molecule has 2 rings (SSSR count). The van der Waals surface area contributed by atoms with Crippen LogP contribution in [-0.4, -0.2) is 25.4 Å². The number of benzene rings is 1. The van der Waals surface area contributed by atoms with E-state index in [0.29, 0.717) is 6.54 Å². The van der Waals surface area contributed by atoms with Gasteiger partial charge in [0.05, 0.1) is 7.11 Å². The monoisotopic (exact) mass is 235 g/mol. The molecule has 3 nitrogen and oxygen atoms in total. The molecule has 0 aliphatic heterocycles. The highest BCUT2D eigenvalue weighted by Crippen LogP contribution is 2.50. The number of hydrogen-bond donors (Lipinski definition) is 2. The van der Waals surface area contributed by atoms with E-state index in [1.807, 2.05) is 18.2 Å². The first-order valence-corrected chi connectivity index (χ1v) is 6.20. The molecule has 0 heterocycles. The van der Waals surface area contributed by atoms with Crippen LogP contribution in [0.5, 0.6) is 5.75 Å². The first-order valence-electron chi connectivity index (χ1n) is 6.20. The highest BCUT2D eigenvalue weighted by atomic mass is 16.5. The number of methoxy groups -OCH3 is 1. The van der Waals surface area contributed by atoms with Crippen LogP contribution in [0.15, 0.2) is 24.3 Å². The molecule has 1 atom stereocenters. The van der Waals surface area contributed by atoms with Gasteiger partial charge in [-0.15, -0.1) is 0 Å². The minimum Gasteiger partial charge on any atom is -0.497 e. The van der Waals surface area contributed by atoms with Crippen molar-refractivity contribution in [2.45, 2.75) is 25.2 Å². The lowest BCUT2D eigenvalue weighted by Gasteiger charge is -2.46. The van der Waals surface area contributed by atoms with Gasteiger partial charge in [0.15, 0.2) is 0 Å². The van der Waals surface area contributed by atoms with Gasteiger partial charge in [0.2, 0.25) is 0 Å². The molecule has 1 saturated carbocycles. The summed E-state index contributed by atoms with van der Waals surface area (Å²) >= 11 is 0. The van der Waals surface area contributed by atoms with Crippen LogP contribution in [0.4, 0.5) is 0 Å². The quantitative estimate of drug-likeness (QED) is 0.819. The van der Waals surface area contributed by atoms with Gasteiger partial charge in [0.1, 0.15) is 5.75 Å². The predicted molar refractivity (Wildman–Crippen MR) is 68.2 cm³/mol. The fourth-order valence-corrected chi connectivity index (χ4v) is 2.85. The topological polar surface area (TPSA) is 55.5 Å². The summed E-state index contributed by atoms with van der Waals surface area (Å²) < 4.78 is 5.24. The maximum Gasteiger partial charge on any atom is 0.119 e. The zero-order valence-corrected chi connectivity index (χ0v) is 10.4. The fraction of sp³-hybridized carbons (Fsp3) is 0.571. The largest absolute Gasteiger partial charge is 0.497 e. The highest BCUT2D eigenvalue weighted by molar-refractivity contribution is 5.32. The van der Waals surface area contributed by atoms with E-state index in [0.717, 1.165) is 18.6 Å². The van der Waals surface area contributed by atoms with Crippen LogP contribution in [0.3, 0.4) is 0 Å². The maximum atomic E-state index is 9.64. The van der Waals surface area contributed by atoms with Crippen LogP contribution in [-0.2, 0) is 0 Å². The molecule has 0 radical (unpaired) electrons. The summed E-state index contributed by atoms with van der Waals surface area (Å²) in [5.74, 6) is 1.09. The van der Waals surface area contributed by atoms with Gasteiger partial charge in [-0.1, -0.05) is 18.6 Å².